The predicted molar refractivity (Wildman–Crippen MR) is 108 cm³/mol. The predicted octanol–water partition coefficient (Wildman–Crippen LogP) is 3.09. The molecular weight excluding hydrogens is 368 g/mol. The molecule has 0 atom stereocenters. The van der Waals surface area contributed by atoms with Crippen molar-refractivity contribution in [3.63, 3.8) is 0 Å². The smallest absolute Gasteiger partial charge is 0.254 e. The molecule has 4 heterocycles. The maximum Gasteiger partial charge on any atom is 0.254 e. The lowest BCUT2D eigenvalue weighted by molar-refractivity contribution is 0.364. The van der Waals surface area contributed by atoms with Crippen molar-refractivity contribution < 1.29 is 4.52 Å². The number of nitrogens with one attached hydrogen (secondary N) is 1. The number of rotatable bonds is 4. The van der Waals surface area contributed by atoms with Crippen molar-refractivity contribution in [2.24, 2.45) is 0 Å². The molecule has 0 unspecified atom stereocenters. The topological polar surface area (TPSA) is 101 Å². The lowest BCUT2D eigenvalue weighted by Crippen LogP contribution is -2.33. The van der Waals surface area contributed by atoms with Crippen molar-refractivity contribution >= 4 is 5.82 Å². The average Bonchev–Trinajstić information content (AvgIpc) is 3.48. The minimum Gasteiger partial charge on any atom is -0.357 e. The highest BCUT2D eigenvalue weighted by atomic mass is 16.5. The van der Waals surface area contributed by atoms with Gasteiger partial charge in [0.15, 0.2) is 5.82 Å². The van der Waals surface area contributed by atoms with Gasteiger partial charge in [0.05, 0.1) is 0 Å². The van der Waals surface area contributed by atoms with Crippen molar-refractivity contribution in [1.29, 1.82) is 0 Å². The number of hydrogen-bond acceptors (Lipinski definition) is 7. The molecule has 2 aliphatic rings. The third kappa shape index (κ3) is 3.54. The summed E-state index contributed by atoms with van der Waals surface area (Å²) in [5, 5.41) is 4.21. The molecule has 29 heavy (non-hydrogen) atoms. The van der Waals surface area contributed by atoms with E-state index in [4.69, 9.17) is 4.52 Å². The van der Waals surface area contributed by atoms with Gasteiger partial charge in [0.25, 0.3) is 5.56 Å². The first kappa shape index (κ1) is 18.0. The van der Waals surface area contributed by atoms with Gasteiger partial charge in [-0.1, -0.05) is 5.16 Å². The molecule has 150 valence electrons. The van der Waals surface area contributed by atoms with Crippen LogP contribution in [0.5, 0.6) is 0 Å². The number of aryl methyl sites for hydroxylation is 1. The number of nitrogens with zero attached hydrogens (tertiary/aromatic N) is 5. The van der Waals surface area contributed by atoms with Crippen LogP contribution in [-0.4, -0.2) is 38.2 Å². The minimum absolute atomic E-state index is 0.107. The summed E-state index contributed by atoms with van der Waals surface area (Å²) in [6.45, 7) is 5.43. The molecule has 0 spiro atoms. The Morgan fingerprint density at radius 2 is 1.86 bits per heavy atom. The van der Waals surface area contributed by atoms with Gasteiger partial charge in [0.2, 0.25) is 5.89 Å². The van der Waals surface area contributed by atoms with E-state index in [9.17, 15) is 4.79 Å². The Morgan fingerprint density at radius 1 is 1.07 bits per heavy atom. The third-order valence-corrected chi connectivity index (χ3v) is 5.98. The number of aromatic nitrogens is 5. The number of anilines is 1. The van der Waals surface area contributed by atoms with Crippen molar-refractivity contribution in [1.82, 2.24) is 25.1 Å². The lowest BCUT2D eigenvalue weighted by atomic mass is 9.96. The molecule has 3 aromatic heterocycles. The van der Waals surface area contributed by atoms with Crippen LogP contribution >= 0.6 is 0 Å². The largest absolute Gasteiger partial charge is 0.357 e. The maximum absolute atomic E-state index is 12.0. The van der Waals surface area contributed by atoms with E-state index in [-0.39, 0.29) is 5.56 Å². The standard InChI is InChI=1S/C21H24N6O2/c1-12-13(2)23-18(24-20(12)28)16-5-6-17(22-11-16)27-9-7-14(8-10-27)19-25-21(29-26-19)15-3-4-15/h5-6,11,14-15H,3-4,7-10H2,1-2H3,(H,23,24,28). The number of hydrogen-bond donors (Lipinski definition) is 1. The second-order valence-electron chi connectivity index (χ2n) is 8.06. The fourth-order valence-corrected chi connectivity index (χ4v) is 3.77. The summed E-state index contributed by atoms with van der Waals surface area (Å²) in [5.74, 6) is 4.02. The first-order valence-corrected chi connectivity index (χ1v) is 10.2. The van der Waals surface area contributed by atoms with Crippen LogP contribution in [0.2, 0.25) is 0 Å². The van der Waals surface area contributed by atoms with Crippen LogP contribution in [-0.2, 0) is 0 Å². The van der Waals surface area contributed by atoms with Crippen LogP contribution in [0, 0.1) is 13.8 Å². The Kier molecular flexibility index (Phi) is 4.41. The molecule has 1 aliphatic heterocycles. The van der Waals surface area contributed by atoms with Crippen LogP contribution in [0.4, 0.5) is 5.82 Å². The van der Waals surface area contributed by atoms with Crippen LogP contribution in [0.15, 0.2) is 27.6 Å². The molecule has 0 bridgehead atoms. The molecule has 2 fully saturated rings. The summed E-state index contributed by atoms with van der Waals surface area (Å²) >= 11 is 0. The summed E-state index contributed by atoms with van der Waals surface area (Å²) < 4.78 is 5.41. The molecule has 5 rings (SSSR count). The number of pyridine rings is 1. The molecule has 1 N–H and O–H groups in total. The molecule has 1 saturated heterocycles. The highest BCUT2D eigenvalue weighted by molar-refractivity contribution is 5.56. The van der Waals surface area contributed by atoms with Crippen molar-refractivity contribution in [3.05, 3.63) is 51.7 Å². The zero-order valence-electron chi connectivity index (χ0n) is 16.7. The Balaban J connectivity index is 1.26. The summed E-state index contributed by atoms with van der Waals surface area (Å²) in [6, 6.07) is 3.95. The fraction of sp³-hybridized carbons (Fsp3) is 0.476. The van der Waals surface area contributed by atoms with E-state index in [0.717, 1.165) is 54.7 Å². The van der Waals surface area contributed by atoms with E-state index >= 15 is 0 Å². The Labute approximate surface area is 168 Å². The summed E-state index contributed by atoms with van der Waals surface area (Å²) in [6.07, 6.45) is 6.09. The summed E-state index contributed by atoms with van der Waals surface area (Å²) in [4.78, 5) is 30.8. The summed E-state index contributed by atoms with van der Waals surface area (Å²) in [5.41, 5.74) is 2.08. The quantitative estimate of drug-likeness (QED) is 0.728. The second-order valence-corrected chi connectivity index (χ2v) is 8.06. The van der Waals surface area contributed by atoms with Gasteiger partial charge in [-0.15, -0.1) is 0 Å². The van der Waals surface area contributed by atoms with Crippen LogP contribution in [0.1, 0.15) is 60.5 Å². The van der Waals surface area contributed by atoms with E-state index < -0.39 is 0 Å². The maximum atomic E-state index is 12.0. The van der Waals surface area contributed by atoms with E-state index in [1.54, 1.807) is 13.1 Å². The van der Waals surface area contributed by atoms with Crippen molar-refractivity contribution in [3.8, 4) is 11.4 Å². The van der Waals surface area contributed by atoms with Crippen molar-refractivity contribution in [2.45, 2.75) is 51.4 Å². The molecule has 1 saturated carbocycles. The van der Waals surface area contributed by atoms with Crippen LogP contribution < -0.4 is 10.5 Å². The second kappa shape index (κ2) is 7.09. The molecule has 0 aromatic carbocycles. The normalized spacial score (nSPS) is 17.7. The van der Waals surface area contributed by atoms with E-state index in [2.05, 4.69) is 30.0 Å². The van der Waals surface area contributed by atoms with E-state index in [0.29, 0.717) is 23.2 Å². The van der Waals surface area contributed by atoms with Gasteiger partial charge in [-0.25, -0.2) is 9.97 Å². The first-order chi connectivity index (χ1) is 14.1. The zero-order chi connectivity index (χ0) is 20.0. The van der Waals surface area contributed by atoms with Gasteiger partial charge in [-0.2, -0.15) is 4.98 Å². The SMILES string of the molecule is Cc1nc(-c2ccc(N3CCC(c4noc(C5CC5)n4)CC3)nc2)[nH]c(=O)c1C. The monoisotopic (exact) mass is 392 g/mol. The van der Waals surface area contributed by atoms with Crippen LogP contribution in [0.3, 0.4) is 0 Å². The van der Waals surface area contributed by atoms with Crippen LogP contribution in [0.25, 0.3) is 11.4 Å². The molecule has 8 nitrogen and oxygen atoms in total. The number of piperidine rings is 1. The first-order valence-electron chi connectivity index (χ1n) is 10.2. The molecular formula is C21H24N6O2. The van der Waals surface area contributed by atoms with Gasteiger partial charge in [0.1, 0.15) is 11.6 Å². The third-order valence-electron chi connectivity index (χ3n) is 5.98. The highest BCUT2D eigenvalue weighted by Gasteiger charge is 2.32. The Morgan fingerprint density at radius 3 is 2.52 bits per heavy atom. The minimum atomic E-state index is -0.107. The Hall–Kier alpha value is -3.03. The van der Waals surface area contributed by atoms with Crippen molar-refractivity contribution in [2.75, 3.05) is 18.0 Å². The van der Waals surface area contributed by atoms with Gasteiger partial charge in [0, 0.05) is 47.9 Å². The van der Waals surface area contributed by atoms with Gasteiger partial charge >= 0.3 is 0 Å². The lowest BCUT2D eigenvalue weighted by Gasteiger charge is -2.31. The van der Waals surface area contributed by atoms with Gasteiger partial charge in [-0.05, 0) is 51.7 Å². The highest BCUT2D eigenvalue weighted by Crippen LogP contribution is 2.40. The number of aromatic amines is 1. The fourth-order valence-electron chi connectivity index (χ4n) is 3.77. The Bertz CT molecular complexity index is 1080. The van der Waals surface area contributed by atoms with Gasteiger partial charge < -0.3 is 14.4 Å². The molecule has 0 radical (unpaired) electrons. The van der Waals surface area contributed by atoms with Gasteiger partial charge in [-0.3, -0.25) is 4.79 Å². The molecule has 1 aliphatic carbocycles. The zero-order valence-corrected chi connectivity index (χ0v) is 16.7. The average molecular weight is 392 g/mol. The van der Waals surface area contributed by atoms with E-state index in [1.807, 2.05) is 19.1 Å². The molecule has 8 heteroatoms. The molecule has 0 amide bonds. The molecule has 3 aromatic rings. The van der Waals surface area contributed by atoms with E-state index in [1.165, 1.54) is 12.8 Å². The number of H-pyrrole nitrogens is 1. The summed E-state index contributed by atoms with van der Waals surface area (Å²) in [7, 11) is 0.